The maximum absolute atomic E-state index is 12.2. The minimum absolute atomic E-state index is 0.0201. The van der Waals surface area contributed by atoms with E-state index < -0.39 is 18.5 Å². The quantitative estimate of drug-likeness (QED) is 0.369. The van der Waals surface area contributed by atoms with Crippen LogP contribution < -0.4 is 10.1 Å². The molecule has 4 aromatic rings. The molecule has 0 saturated heterocycles. The van der Waals surface area contributed by atoms with E-state index in [1.54, 1.807) is 24.3 Å². The number of nitrogens with one attached hydrogen (secondary N) is 1. The first kappa shape index (κ1) is 21.3. The Morgan fingerprint density at radius 2 is 1.84 bits per heavy atom. The average molecular weight is 449 g/mol. The molecule has 0 aliphatic carbocycles. The predicted octanol–water partition coefficient (Wildman–Crippen LogP) is 4.70. The molecule has 0 spiro atoms. The number of anilines is 1. The van der Waals surface area contributed by atoms with Gasteiger partial charge in [-0.05, 0) is 35.7 Å². The summed E-state index contributed by atoms with van der Waals surface area (Å²) in [5, 5.41) is 10.4. The number of ether oxygens (including phenoxy) is 2. The molecule has 32 heavy (non-hydrogen) atoms. The molecule has 1 amide bonds. The van der Waals surface area contributed by atoms with Gasteiger partial charge in [0.15, 0.2) is 12.4 Å². The zero-order chi connectivity index (χ0) is 22.2. The molecule has 0 bridgehead atoms. The first-order valence-electron chi connectivity index (χ1n) is 9.80. The van der Waals surface area contributed by atoms with E-state index in [-0.39, 0.29) is 12.8 Å². The molecule has 2 aromatic heterocycles. The molecule has 0 radical (unpaired) electrons. The number of hydrogen-bond donors (Lipinski definition) is 1. The van der Waals surface area contributed by atoms with Gasteiger partial charge in [0.2, 0.25) is 11.7 Å². The molecule has 2 aromatic carbocycles. The van der Waals surface area contributed by atoms with Crippen LogP contribution in [0.25, 0.3) is 11.4 Å². The lowest BCUT2D eigenvalue weighted by Crippen LogP contribution is -2.21. The van der Waals surface area contributed by atoms with Crippen molar-refractivity contribution in [2.45, 2.75) is 12.8 Å². The van der Waals surface area contributed by atoms with E-state index in [1.165, 1.54) is 11.3 Å². The number of para-hydroxylation sites is 3. The Hall–Kier alpha value is -3.98. The number of benzene rings is 2. The third-order valence-electron chi connectivity index (χ3n) is 4.29. The van der Waals surface area contributed by atoms with E-state index in [1.807, 2.05) is 47.2 Å². The fourth-order valence-corrected chi connectivity index (χ4v) is 3.39. The topological polar surface area (TPSA) is 104 Å². The standard InChI is InChI=1S/C23H19N3O5S/c27-20(24-18-8-4-5-9-19(18)30-17-6-2-1-3-7-17)14-29-22(28)11-10-21-25-23(26-31-21)16-12-13-32-15-16/h1-9,12-13,15H,10-11,14H2,(H,24,27). The molecule has 0 fully saturated rings. The molecule has 162 valence electrons. The SMILES string of the molecule is O=C(COC(=O)CCc1nc(-c2ccsc2)no1)Nc1ccccc1Oc1ccccc1. The summed E-state index contributed by atoms with van der Waals surface area (Å²) in [6.07, 6.45) is 0.248. The van der Waals surface area contributed by atoms with Gasteiger partial charge in [-0.1, -0.05) is 35.5 Å². The number of hydrogen-bond acceptors (Lipinski definition) is 8. The van der Waals surface area contributed by atoms with Gasteiger partial charge in [0.25, 0.3) is 5.91 Å². The van der Waals surface area contributed by atoms with Gasteiger partial charge >= 0.3 is 5.97 Å². The summed E-state index contributed by atoms with van der Waals surface area (Å²) in [5.41, 5.74) is 1.34. The van der Waals surface area contributed by atoms with Crippen molar-refractivity contribution in [1.82, 2.24) is 10.1 Å². The van der Waals surface area contributed by atoms with E-state index >= 15 is 0 Å². The summed E-state index contributed by atoms with van der Waals surface area (Å²) < 4.78 is 16.0. The number of esters is 1. The molecular formula is C23H19N3O5S. The number of nitrogens with zero attached hydrogens (tertiary/aromatic N) is 2. The van der Waals surface area contributed by atoms with E-state index in [9.17, 15) is 9.59 Å². The molecule has 0 aliphatic heterocycles. The second-order valence-electron chi connectivity index (χ2n) is 6.64. The minimum atomic E-state index is -0.538. The van der Waals surface area contributed by atoms with Crippen LogP contribution in [-0.4, -0.2) is 28.6 Å². The van der Waals surface area contributed by atoms with Gasteiger partial charge in [0, 0.05) is 17.4 Å². The first-order valence-corrected chi connectivity index (χ1v) is 10.7. The van der Waals surface area contributed by atoms with Gasteiger partial charge in [0.05, 0.1) is 12.1 Å². The highest BCUT2D eigenvalue weighted by atomic mass is 32.1. The number of aryl methyl sites for hydroxylation is 1. The lowest BCUT2D eigenvalue weighted by Gasteiger charge is -2.12. The molecule has 8 nitrogen and oxygen atoms in total. The number of thiophene rings is 1. The van der Waals surface area contributed by atoms with Gasteiger partial charge in [-0.15, -0.1) is 0 Å². The second-order valence-corrected chi connectivity index (χ2v) is 7.42. The fraction of sp³-hybridized carbons (Fsp3) is 0.130. The van der Waals surface area contributed by atoms with Crippen LogP contribution in [-0.2, 0) is 20.7 Å². The van der Waals surface area contributed by atoms with Crippen molar-refractivity contribution < 1.29 is 23.6 Å². The second kappa shape index (κ2) is 10.4. The molecular weight excluding hydrogens is 430 g/mol. The highest BCUT2D eigenvalue weighted by Crippen LogP contribution is 2.29. The van der Waals surface area contributed by atoms with Crippen LogP contribution in [0.5, 0.6) is 11.5 Å². The van der Waals surface area contributed by atoms with Crippen LogP contribution in [0, 0.1) is 0 Å². The van der Waals surface area contributed by atoms with Crippen LogP contribution >= 0.6 is 11.3 Å². The zero-order valence-corrected chi connectivity index (χ0v) is 17.7. The highest BCUT2D eigenvalue weighted by molar-refractivity contribution is 7.08. The third-order valence-corrected chi connectivity index (χ3v) is 4.97. The predicted molar refractivity (Wildman–Crippen MR) is 118 cm³/mol. The Morgan fingerprint density at radius 3 is 2.66 bits per heavy atom. The Labute approximate surface area is 187 Å². The fourth-order valence-electron chi connectivity index (χ4n) is 2.75. The van der Waals surface area contributed by atoms with Gasteiger partial charge in [-0.25, -0.2) is 0 Å². The minimum Gasteiger partial charge on any atom is -0.456 e. The Balaban J connectivity index is 1.24. The molecule has 9 heteroatoms. The van der Waals surface area contributed by atoms with Crippen molar-refractivity contribution in [3.05, 3.63) is 77.3 Å². The first-order chi connectivity index (χ1) is 15.7. The zero-order valence-electron chi connectivity index (χ0n) is 16.9. The summed E-state index contributed by atoms with van der Waals surface area (Å²) >= 11 is 1.53. The number of rotatable bonds is 9. The van der Waals surface area contributed by atoms with Crippen LogP contribution in [0.3, 0.4) is 0 Å². The molecule has 0 unspecified atom stereocenters. The van der Waals surface area contributed by atoms with E-state index in [4.69, 9.17) is 14.0 Å². The lowest BCUT2D eigenvalue weighted by molar-refractivity contribution is -0.147. The highest BCUT2D eigenvalue weighted by Gasteiger charge is 2.14. The van der Waals surface area contributed by atoms with Crippen LogP contribution in [0.15, 0.2) is 75.9 Å². The van der Waals surface area contributed by atoms with Crippen molar-refractivity contribution >= 4 is 28.9 Å². The number of aromatic nitrogens is 2. The number of carbonyl (C=O) groups is 2. The Morgan fingerprint density at radius 1 is 1.03 bits per heavy atom. The van der Waals surface area contributed by atoms with Gasteiger partial charge in [0.1, 0.15) is 5.75 Å². The summed E-state index contributed by atoms with van der Waals surface area (Å²) in [6.45, 7) is -0.414. The maximum atomic E-state index is 12.2. The average Bonchev–Trinajstić information content (AvgIpc) is 3.50. The molecule has 0 atom stereocenters. The summed E-state index contributed by atoms with van der Waals surface area (Å²) in [7, 11) is 0. The maximum Gasteiger partial charge on any atom is 0.306 e. The Bertz CT molecular complexity index is 1180. The monoisotopic (exact) mass is 449 g/mol. The van der Waals surface area contributed by atoms with Crippen LogP contribution in [0.4, 0.5) is 5.69 Å². The smallest absolute Gasteiger partial charge is 0.306 e. The normalized spacial score (nSPS) is 10.5. The van der Waals surface area contributed by atoms with Gasteiger partial charge < -0.3 is 19.3 Å². The van der Waals surface area contributed by atoms with E-state index in [2.05, 4.69) is 15.5 Å². The van der Waals surface area contributed by atoms with Crippen molar-refractivity contribution in [3.8, 4) is 22.9 Å². The van der Waals surface area contributed by atoms with Gasteiger partial charge in [-0.2, -0.15) is 16.3 Å². The van der Waals surface area contributed by atoms with Crippen molar-refractivity contribution in [2.24, 2.45) is 0 Å². The molecule has 0 aliphatic rings. The van der Waals surface area contributed by atoms with Crippen LogP contribution in [0.2, 0.25) is 0 Å². The molecule has 0 saturated carbocycles. The molecule has 4 rings (SSSR count). The molecule has 1 N–H and O–H groups in total. The summed E-state index contributed by atoms with van der Waals surface area (Å²) in [6, 6.07) is 18.1. The lowest BCUT2D eigenvalue weighted by atomic mass is 10.3. The third kappa shape index (κ3) is 5.79. The van der Waals surface area contributed by atoms with Crippen molar-refractivity contribution in [2.75, 3.05) is 11.9 Å². The van der Waals surface area contributed by atoms with Crippen molar-refractivity contribution in [3.63, 3.8) is 0 Å². The number of carbonyl (C=O) groups excluding carboxylic acids is 2. The summed E-state index contributed by atoms with van der Waals surface area (Å²) in [5.74, 6) is 0.925. The van der Waals surface area contributed by atoms with Gasteiger partial charge in [-0.3, -0.25) is 9.59 Å². The summed E-state index contributed by atoms with van der Waals surface area (Å²) in [4.78, 5) is 28.5. The van der Waals surface area contributed by atoms with E-state index in [0.29, 0.717) is 28.9 Å². The van der Waals surface area contributed by atoms with Crippen LogP contribution in [0.1, 0.15) is 12.3 Å². The van der Waals surface area contributed by atoms with E-state index in [0.717, 1.165) is 5.56 Å². The van der Waals surface area contributed by atoms with Crippen molar-refractivity contribution in [1.29, 1.82) is 0 Å². The number of amides is 1. The molecule has 2 heterocycles. The largest absolute Gasteiger partial charge is 0.456 e. The Kier molecular flexibility index (Phi) is 6.88.